The van der Waals surface area contributed by atoms with Crippen molar-refractivity contribution in [3.05, 3.63) is 97.9 Å². The van der Waals surface area contributed by atoms with Crippen LogP contribution in [-0.2, 0) is 6.54 Å². The Balaban J connectivity index is 1.66. The van der Waals surface area contributed by atoms with Gasteiger partial charge in [-0.15, -0.1) is 0 Å². The quantitative estimate of drug-likeness (QED) is 0.391. The summed E-state index contributed by atoms with van der Waals surface area (Å²) in [5.41, 5.74) is 3.53. The SMILES string of the molecule is CCCOc1ccc(/C=N\NC(=O)c2cccn(Cc3ccc(Cl)c(Cl)c3)c2=O)cc1. The second kappa shape index (κ2) is 10.8. The van der Waals surface area contributed by atoms with E-state index < -0.39 is 11.5 Å². The van der Waals surface area contributed by atoms with Crippen molar-refractivity contribution in [2.24, 2.45) is 5.10 Å². The zero-order chi connectivity index (χ0) is 22.2. The highest BCUT2D eigenvalue weighted by Gasteiger charge is 2.12. The molecule has 0 aliphatic carbocycles. The number of pyridine rings is 1. The number of ether oxygens (including phenoxy) is 1. The number of hydrazone groups is 1. The molecule has 0 saturated carbocycles. The van der Waals surface area contributed by atoms with Crippen molar-refractivity contribution in [3.63, 3.8) is 0 Å². The third-order valence-corrected chi connectivity index (χ3v) is 5.07. The molecule has 0 bridgehead atoms. The van der Waals surface area contributed by atoms with E-state index in [2.05, 4.69) is 10.5 Å². The van der Waals surface area contributed by atoms with Gasteiger partial charge in [-0.1, -0.05) is 36.2 Å². The van der Waals surface area contributed by atoms with E-state index in [-0.39, 0.29) is 12.1 Å². The number of amides is 1. The second-order valence-corrected chi connectivity index (χ2v) is 7.53. The molecule has 3 aromatic rings. The predicted molar refractivity (Wildman–Crippen MR) is 124 cm³/mol. The van der Waals surface area contributed by atoms with Gasteiger partial charge in [0, 0.05) is 6.20 Å². The summed E-state index contributed by atoms with van der Waals surface area (Å²) in [7, 11) is 0. The zero-order valence-electron chi connectivity index (χ0n) is 16.8. The Morgan fingerprint density at radius 1 is 1.13 bits per heavy atom. The molecule has 0 radical (unpaired) electrons. The van der Waals surface area contributed by atoms with Crippen molar-refractivity contribution in [2.75, 3.05) is 6.61 Å². The third-order valence-electron chi connectivity index (χ3n) is 4.33. The first kappa shape index (κ1) is 22.6. The molecule has 31 heavy (non-hydrogen) atoms. The molecule has 0 saturated heterocycles. The predicted octanol–water partition coefficient (Wildman–Crippen LogP) is 4.76. The molecule has 0 unspecified atom stereocenters. The van der Waals surface area contributed by atoms with Crippen LogP contribution in [0, 0.1) is 0 Å². The fourth-order valence-electron chi connectivity index (χ4n) is 2.76. The van der Waals surface area contributed by atoms with E-state index in [1.165, 1.54) is 16.8 Å². The number of hydrogen-bond donors (Lipinski definition) is 1. The van der Waals surface area contributed by atoms with Gasteiger partial charge in [0.05, 0.1) is 29.4 Å². The Morgan fingerprint density at radius 2 is 1.90 bits per heavy atom. The van der Waals surface area contributed by atoms with Crippen LogP contribution in [0.1, 0.15) is 34.8 Å². The molecular formula is C23H21Cl2N3O3. The number of aromatic nitrogens is 1. The van der Waals surface area contributed by atoms with Crippen molar-refractivity contribution >= 4 is 35.3 Å². The van der Waals surface area contributed by atoms with Gasteiger partial charge in [-0.05, 0) is 66.1 Å². The molecule has 0 fully saturated rings. The summed E-state index contributed by atoms with van der Waals surface area (Å²) in [6.07, 6.45) is 4.04. The highest BCUT2D eigenvalue weighted by molar-refractivity contribution is 6.42. The lowest BCUT2D eigenvalue weighted by Gasteiger charge is -2.08. The maximum atomic E-state index is 12.7. The topological polar surface area (TPSA) is 72.7 Å². The lowest BCUT2D eigenvalue weighted by molar-refractivity contribution is 0.0953. The smallest absolute Gasteiger partial charge is 0.276 e. The molecule has 0 spiro atoms. The van der Waals surface area contributed by atoms with Gasteiger partial charge >= 0.3 is 0 Å². The van der Waals surface area contributed by atoms with E-state index >= 15 is 0 Å². The Bertz CT molecular complexity index is 1140. The van der Waals surface area contributed by atoms with Gasteiger partial charge in [-0.2, -0.15) is 5.10 Å². The van der Waals surface area contributed by atoms with Crippen molar-refractivity contribution in [2.45, 2.75) is 19.9 Å². The Labute approximate surface area is 190 Å². The molecule has 1 aromatic heterocycles. The van der Waals surface area contributed by atoms with Gasteiger partial charge < -0.3 is 9.30 Å². The molecule has 3 rings (SSSR count). The fourth-order valence-corrected chi connectivity index (χ4v) is 3.09. The summed E-state index contributed by atoms with van der Waals surface area (Å²) < 4.78 is 6.95. The summed E-state index contributed by atoms with van der Waals surface area (Å²) in [5, 5.41) is 4.78. The van der Waals surface area contributed by atoms with Crippen LogP contribution in [-0.4, -0.2) is 23.3 Å². The first-order chi connectivity index (χ1) is 15.0. The lowest BCUT2D eigenvalue weighted by Crippen LogP contribution is -2.30. The van der Waals surface area contributed by atoms with Crippen LogP contribution in [0.3, 0.4) is 0 Å². The van der Waals surface area contributed by atoms with Gasteiger partial charge in [-0.25, -0.2) is 5.43 Å². The summed E-state index contributed by atoms with van der Waals surface area (Å²) in [5.74, 6) is 0.183. The second-order valence-electron chi connectivity index (χ2n) is 6.72. The average molecular weight is 458 g/mol. The molecule has 0 aliphatic heterocycles. The largest absolute Gasteiger partial charge is 0.494 e. The number of nitrogens with one attached hydrogen (secondary N) is 1. The third kappa shape index (κ3) is 6.20. The van der Waals surface area contributed by atoms with Crippen LogP contribution >= 0.6 is 23.2 Å². The van der Waals surface area contributed by atoms with Crippen LogP contribution in [0.2, 0.25) is 10.0 Å². The minimum atomic E-state index is -0.590. The number of hydrogen-bond acceptors (Lipinski definition) is 4. The molecule has 1 amide bonds. The number of carbonyl (C=O) groups is 1. The summed E-state index contributed by atoms with van der Waals surface area (Å²) in [6.45, 7) is 2.95. The molecule has 1 heterocycles. The standard InChI is InChI=1S/C23H21Cl2N3O3/c1-2-12-31-18-8-5-16(6-9-18)14-26-27-22(29)19-4-3-11-28(23(19)30)15-17-7-10-20(24)21(25)13-17/h3-11,13-14H,2,12,15H2,1H3,(H,27,29)/b26-14-. The van der Waals surface area contributed by atoms with Crippen molar-refractivity contribution in [3.8, 4) is 5.75 Å². The fraction of sp³-hybridized carbons (Fsp3) is 0.174. The van der Waals surface area contributed by atoms with E-state index in [4.69, 9.17) is 27.9 Å². The van der Waals surface area contributed by atoms with E-state index in [1.807, 2.05) is 31.2 Å². The number of benzene rings is 2. The molecule has 8 heteroatoms. The molecule has 2 aromatic carbocycles. The molecule has 1 N–H and O–H groups in total. The molecule has 0 aliphatic rings. The minimum Gasteiger partial charge on any atom is -0.494 e. The van der Waals surface area contributed by atoms with Gasteiger partial charge in [0.2, 0.25) is 0 Å². The van der Waals surface area contributed by atoms with Gasteiger partial charge in [0.25, 0.3) is 11.5 Å². The Hall–Kier alpha value is -3.09. The summed E-state index contributed by atoms with van der Waals surface area (Å²) in [4.78, 5) is 25.1. The lowest BCUT2D eigenvalue weighted by atomic mass is 10.2. The van der Waals surface area contributed by atoms with Gasteiger partial charge in [0.15, 0.2) is 0 Å². The number of nitrogens with zero attached hydrogens (tertiary/aromatic N) is 2. The Kier molecular flexibility index (Phi) is 7.87. The zero-order valence-corrected chi connectivity index (χ0v) is 18.4. The number of carbonyl (C=O) groups excluding carboxylic acids is 1. The summed E-state index contributed by atoms with van der Waals surface area (Å²) in [6, 6.07) is 15.5. The van der Waals surface area contributed by atoms with Crippen LogP contribution < -0.4 is 15.7 Å². The summed E-state index contributed by atoms with van der Waals surface area (Å²) >= 11 is 12.0. The minimum absolute atomic E-state index is 0.0111. The first-order valence-electron chi connectivity index (χ1n) is 9.67. The maximum Gasteiger partial charge on any atom is 0.276 e. The van der Waals surface area contributed by atoms with E-state index in [0.717, 1.165) is 23.3 Å². The Morgan fingerprint density at radius 3 is 2.61 bits per heavy atom. The highest BCUT2D eigenvalue weighted by Crippen LogP contribution is 2.22. The maximum absolute atomic E-state index is 12.7. The van der Waals surface area contributed by atoms with Crippen LogP contribution in [0.25, 0.3) is 0 Å². The number of rotatable bonds is 8. The van der Waals surface area contributed by atoms with E-state index in [9.17, 15) is 9.59 Å². The van der Waals surface area contributed by atoms with Crippen molar-refractivity contribution in [1.29, 1.82) is 0 Å². The monoisotopic (exact) mass is 457 g/mol. The van der Waals surface area contributed by atoms with Crippen molar-refractivity contribution in [1.82, 2.24) is 9.99 Å². The van der Waals surface area contributed by atoms with Crippen LogP contribution in [0.4, 0.5) is 0 Å². The van der Waals surface area contributed by atoms with E-state index in [0.29, 0.717) is 16.7 Å². The molecule has 6 nitrogen and oxygen atoms in total. The average Bonchev–Trinajstić information content (AvgIpc) is 2.77. The number of halogens is 2. The molecule has 0 atom stereocenters. The highest BCUT2D eigenvalue weighted by atomic mass is 35.5. The van der Waals surface area contributed by atoms with Gasteiger partial charge in [-0.3, -0.25) is 9.59 Å². The first-order valence-corrected chi connectivity index (χ1v) is 10.4. The van der Waals surface area contributed by atoms with Crippen LogP contribution in [0.5, 0.6) is 5.75 Å². The van der Waals surface area contributed by atoms with Gasteiger partial charge in [0.1, 0.15) is 11.3 Å². The molecular weight excluding hydrogens is 437 g/mol. The normalized spacial score (nSPS) is 10.9. The van der Waals surface area contributed by atoms with E-state index in [1.54, 1.807) is 30.5 Å². The molecule has 160 valence electrons. The van der Waals surface area contributed by atoms with Crippen molar-refractivity contribution < 1.29 is 9.53 Å². The van der Waals surface area contributed by atoms with Crippen LogP contribution in [0.15, 0.2) is 70.7 Å².